The molecule has 2 nitrogen and oxygen atoms in total. The lowest BCUT2D eigenvalue weighted by Crippen LogP contribution is -2.40. The molecule has 1 aliphatic rings. The second kappa shape index (κ2) is 8.68. The van der Waals surface area contributed by atoms with Crippen molar-refractivity contribution in [2.24, 2.45) is 5.92 Å². The normalized spacial score (nSPS) is 22.7. The van der Waals surface area contributed by atoms with Crippen molar-refractivity contribution in [3.05, 3.63) is 0 Å². The summed E-state index contributed by atoms with van der Waals surface area (Å²) in [6, 6.07) is 0. The molecule has 0 aromatic rings. The molecule has 0 amide bonds. The van der Waals surface area contributed by atoms with Crippen LogP contribution >= 0.6 is 24.0 Å². The van der Waals surface area contributed by atoms with E-state index in [0.29, 0.717) is 15.0 Å². The van der Waals surface area contributed by atoms with Crippen LogP contribution in [0.4, 0.5) is 0 Å². The van der Waals surface area contributed by atoms with Crippen molar-refractivity contribution in [2.75, 3.05) is 0 Å². The molecule has 0 N–H and O–H groups in total. The molecular weight excluding hydrogens is 316 g/mol. The molecule has 3 atom stereocenters. The molecule has 1 aliphatic carbocycles. The van der Waals surface area contributed by atoms with Gasteiger partial charge in [0.1, 0.15) is 5.78 Å². The predicted molar refractivity (Wildman–Crippen MR) is 99.7 cm³/mol. The van der Waals surface area contributed by atoms with Crippen molar-refractivity contribution < 1.29 is 9.53 Å². The molecule has 0 bridgehead atoms. The number of ketones is 1. The average Bonchev–Trinajstić information content (AvgIpc) is 2.39. The van der Waals surface area contributed by atoms with E-state index < -0.39 is 8.07 Å². The van der Waals surface area contributed by atoms with Gasteiger partial charge in [0.25, 0.3) is 0 Å². The minimum atomic E-state index is -1.38. The molecule has 0 heterocycles. The minimum absolute atomic E-state index is 0.184. The number of thioether (sulfide) groups is 1. The topological polar surface area (TPSA) is 26.3 Å². The first-order valence-corrected chi connectivity index (χ1v) is 13.0. The third kappa shape index (κ3) is 6.83. The van der Waals surface area contributed by atoms with Crippen LogP contribution in [0.3, 0.4) is 0 Å². The first kappa shape index (κ1) is 19.2. The van der Waals surface area contributed by atoms with Crippen LogP contribution in [-0.2, 0) is 9.53 Å². The molecule has 21 heavy (non-hydrogen) atoms. The van der Waals surface area contributed by atoms with Gasteiger partial charge in [0, 0.05) is 17.2 Å². The van der Waals surface area contributed by atoms with Crippen molar-refractivity contribution in [3.63, 3.8) is 0 Å². The Morgan fingerprint density at radius 3 is 2.62 bits per heavy atom. The van der Waals surface area contributed by atoms with Crippen LogP contribution in [0.15, 0.2) is 0 Å². The fourth-order valence-electron chi connectivity index (χ4n) is 2.53. The van der Waals surface area contributed by atoms with Crippen molar-refractivity contribution in [1.82, 2.24) is 0 Å². The SMILES string of the molecule is CCC(C)OC(=S)SC(CC1CCCCC1=O)[Si](C)(C)C. The van der Waals surface area contributed by atoms with E-state index in [1.54, 1.807) is 11.8 Å². The monoisotopic (exact) mass is 346 g/mol. The quantitative estimate of drug-likeness (QED) is 0.487. The zero-order chi connectivity index (χ0) is 16.0. The third-order valence-corrected chi connectivity index (χ3v) is 10.0. The predicted octanol–water partition coefficient (Wildman–Crippen LogP) is 5.22. The van der Waals surface area contributed by atoms with Crippen LogP contribution in [-0.4, -0.2) is 29.2 Å². The number of rotatable bonds is 6. The van der Waals surface area contributed by atoms with E-state index in [2.05, 4.69) is 33.5 Å². The van der Waals surface area contributed by atoms with E-state index in [9.17, 15) is 4.79 Å². The molecule has 0 saturated heterocycles. The van der Waals surface area contributed by atoms with Crippen LogP contribution in [0, 0.1) is 5.92 Å². The number of Topliss-reactive ketones (excluding diaryl/α,β-unsaturated/α-hetero) is 1. The molecule has 122 valence electrons. The summed E-state index contributed by atoms with van der Waals surface area (Å²) in [7, 11) is -1.38. The number of ether oxygens (including phenoxy) is 1. The van der Waals surface area contributed by atoms with Gasteiger partial charge in [0.2, 0.25) is 4.38 Å². The molecule has 1 saturated carbocycles. The number of carbonyl (C=O) groups excluding carboxylic acids is 1. The molecule has 0 aromatic heterocycles. The molecule has 0 radical (unpaired) electrons. The minimum Gasteiger partial charge on any atom is -0.476 e. The lowest BCUT2D eigenvalue weighted by Gasteiger charge is -2.32. The summed E-state index contributed by atoms with van der Waals surface area (Å²) in [5, 5.41) is 0. The van der Waals surface area contributed by atoms with Gasteiger partial charge in [-0.1, -0.05) is 44.7 Å². The van der Waals surface area contributed by atoms with Gasteiger partial charge < -0.3 is 4.74 Å². The largest absolute Gasteiger partial charge is 0.476 e. The number of thiocarbonyl (C=S) groups is 1. The molecular formula is C16H30O2S2Si. The van der Waals surface area contributed by atoms with E-state index in [4.69, 9.17) is 17.0 Å². The molecule has 1 rings (SSSR count). The fourth-order valence-corrected chi connectivity index (χ4v) is 6.81. The van der Waals surface area contributed by atoms with Crippen molar-refractivity contribution in [3.8, 4) is 0 Å². The maximum Gasteiger partial charge on any atom is 0.220 e. The lowest BCUT2D eigenvalue weighted by molar-refractivity contribution is -0.124. The van der Waals surface area contributed by atoms with Crippen LogP contribution in [0.1, 0.15) is 52.4 Å². The molecule has 5 heteroatoms. The van der Waals surface area contributed by atoms with Crippen LogP contribution < -0.4 is 0 Å². The third-order valence-electron chi connectivity index (χ3n) is 4.26. The van der Waals surface area contributed by atoms with Gasteiger partial charge in [-0.15, -0.1) is 0 Å². The Morgan fingerprint density at radius 2 is 2.10 bits per heavy atom. The Kier molecular flexibility index (Phi) is 7.92. The molecule has 0 spiro atoms. The van der Waals surface area contributed by atoms with Crippen LogP contribution in [0.2, 0.25) is 19.6 Å². The maximum atomic E-state index is 12.1. The second-order valence-corrected chi connectivity index (χ2v) is 14.9. The Balaban J connectivity index is 2.63. The summed E-state index contributed by atoms with van der Waals surface area (Å²) in [4.78, 5) is 12.6. The van der Waals surface area contributed by atoms with Crippen molar-refractivity contribution in [2.45, 2.75) is 83.0 Å². The Bertz CT molecular complexity index is 366. The number of hydrogen-bond acceptors (Lipinski definition) is 4. The van der Waals surface area contributed by atoms with E-state index >= 15 is 0 Å². The highest BCUT2D eigenvalue weighted by Crippen LogP contribution is 2.34. The van der Waals surface area contributed by atoms with Gasteiger partial charge >= 0.3 is 0 Å². The van der Waals surface area contributed by atoms with Crippen LogP contribution in [0.5, 0.6) is 0 Å². The van der Waals surface area contributed by atoms with E-state index in [1.165, 1.54) is 6.42 Å². The lowest BCUT2D eigenvalue weighted by atomic mass is 9.86. The number of carbonyl (C=O) groups is 1. The van der Waals surface area contributed by atoms with Crippen molar-refractivity contribution in [1.29, 1.82) is 0 Å². The molecule has 0 aromatic carbocycles. The summed E-state index contributed by atoms with van der Waals surface area (Å²) in [6.07, 6.45) is 6.27. The highest BCUT2D eigenvalue weighted by atomic mass is 32.2. The highest BCUT2D eigenvalue weighted by Gasteiger charge is 2.34. The van der Waals surface area contributed by atoms with Gasteiger partial charge in [-0.2, -0.15) is 0 Å². The zero-order valence-corrected chi connectivity index (χ0v) is 16.7. The van der Waals surface area contributed by atoms with Crippen molar-refractivity contribution >= 4 is 42.2 Å². The molecule has 3 unspecified atom stereocenters. The van der Waals surface area contributed by atoms with E-state index in [0.717, 1.165) is 32.1 Å². The fraction of sp³-hybridized carbons (Fsp3) is 0.875. The van der Waals surface area contributed by atoms with Gasteiger partial charge in [-0.05, 0) is 44.8 Å². The highest BCUT2D eigenvalue weighted by molar-refractivity contribution is 8.23. The van der Waals surface area contributed by atoms with Gasteiger partial charge in [-0.3, -0.25) is 4.79 Å². The summed E-state index contributed by atoms with van der Waals surface area (Å²) >= 11 is 7.13. The van der Waals surface area contributed by atoms with Crippen LogP contribution in [0.25, 0.3) is 0 Å². The maximum absolute atomic E-state index is 12.1. The molecule has 0 aliphatic heterocycles. The van der Waals surface area contributed by atoms with E-state index in [-0.39, 0.29) is 12.0 Å². The Hall–Kier alpha value is 0.127. The standard InChI is InChI=1S/C16H30O2S2Si/c1-6-12(2)18-16(19)20-15(21(3,4)5)11-13-9-7-8-10-14(13)17/h12-13,15H,6-11H2,1-5H3. The average molecular weight is 347 g/mol. The summed E-state index contributed by atoms with van der Waals surface area (Å²) in [5.74, 6) is 0.730. The second-order valence-electron chi connectivity index (χ2n) is 7.20. The number of hydrogen-bond donors (Lipinski definition) is 0. The first-order valence-electron chi connectivity index (χ1n) is 8.14. The summed E-state index contributed by atoms with van der Waals surface area (Å²) in [6.45, 7) is 11.3. The molecule has 1 fully saturated rings. The summed E-state index contributed by atoms with van der Waals surface area (Å²) in [5.41, 5.74) is 0. The summed E-state index contributed by atoms with van der Waals surface area (Å²) < 4.78 is 6.44. The van der Waals surface area contributed by atoms with Gasteiger partial charge in [0.05, 0.1) is 14.2 Å². The first-order chi connectivity index (χ1) is 9.74. The smallest absolute Gasteiger partial charge is 0.220 e. The Labute approximate surface area is 140 Å². The Morgan fingerprint density at radius 1 is 1.43 bits per heavy atom. The van der Waals surface area contributed by atoms with E-state index in [1.807, 2.05) is 0 Å². The van der Waals surface area contributed by atoms with Gasteiger partial charge in [0.15, 0.2) is 0 Å². The zero-order valence-electron chi connectivity index (χ0n) is 14.1. The van der Waals surface area contributed by atoms with Gasteiger partial charge in [-0.25, -0.2) is 0 Å².